The fraction of sp³-hybridized carbons (Fsp3) is 0. The lowest BCUT2D eigenvalue weighted by molar-refractivity contribution is 1.31. The molecule has 0 amide bonds. The quantitative estimate of drug-likeness (QED) is 0.188. The fourth-order valence-electron chi connectivity index (χ4n) is 6.77. The highest BCUT2D eigenvalue weighted by Crippen LogP contribution is 2.49. The highest BCUT2D eigenvalue weighted by Gasteiger charge is 2.21. The van der Waals surface area contributed by atoms with E-state index in [2.05, 4.69) is 169 Å². The molecule has 2 heteroatoms. The molecule has 0 spiro atoms. The second kappa shape index (κ2) is 10.1. The van der Waals surface area contributed by atoms with E-state index in [1.165, 1.54) is 69.3 Å². The number of hydrogen-bond acceptors (Lipinski definition) is 2. The molecule has 1 aromatic heterocycles. The van der Waals surface area contributed by atoms with Crippen molar-refractivity contribution in [1.82, 2.24) is 0 Å². The summed E-state index contributed by atoms with van der Waals surface area (Å²) in [6.07, 6.45) is 0. The van der Waals surface area contributed by atoms with Crippen molar-refractivity contribution in [2.24, 2.45) is 0 Å². The molecule has 0 aliphatic rings. The van der Waals surface area contributed by atoms with Gasteiger partial charge in [-0.25, -0.2) is 0 Å². The van der Waals surface area contributed by atoms with Gasteiger partial charge in [0.1, 0.15) is 0 Å². The van der Waals surface area contributed by atoms with Crippen molar-refractivity contribution in [1.29, 1.82) is 0 Å². The van der Waals surface area contributed by atoms with Crippen LogP contribution in [-0.2, 0) is 0 Å². The van der Waals surface area contributed by atoms with Gasteiger partial charge < -0.3 is 4.90 Å². The third kappa shape index (κ3) is 3.92. The topological polar surface area (TPSA) is 3.24 Å². The van der Waals surface area contributed by atoms with Crippen LogP contribution in [0.3, 0.4) is 0 Å². The van der Waals surface area contributed by atoms with Crippen LogP contribution in [0.1, 0.15) is 0 Å². The molecule has 44 heavy (non-hydrogen) atoms. The highest BCUT2D eigenvalue weighted by atomic mass is 32.1. The summed E-state index contributed by atoms with van der Waals surface area (Å²) in [4.78, 5) is 2.43. The monoisotopic (exact) mass is 577 g/mol. The van der Waals surface area contributed by atoms with Crippen LogP contribution in [0.4, 0.5) is 17.1 Å². The minimum Gasteiger partial charge on any atom is -0.309 e. The third-order valence-corrected chi connectivity index (χ3v) is 10.1. The first kappa shape index (κ1) is 25.1. The molecule has 0 N–H and O–H groups in total. The van der Waals surface area contributed by atoms with Gasteiger partial charge in [-0.15, -0.1) is 11.3 Å². The number of benzene rings is 8. The average Bonchev–Trinajstić information content (AvgIpc) is 3.50. The van der Waals surface area contributed by atoms with E-state index in [4.69, 9.17) is 0 Å². The Labute approximate surface area is 259 Å². The van der Waals surface area contributed by atoms with Crippen LogP contribution in [0.15, 0.2) is 164 Å². The number of nitrogens with zero attached hydrogens (tertiary/aromatic N) is 1. The van der Waals surface area contributed by atoms with Gasteiger partial charge >= 0.3 is 0 Å². The van der Waals surface area contributed by atoms with Crippen LogP contribution in [0.5, 0.6) is 0 Å². The van der Waals surface area contributed by atoms with E-state index < -0.39 is 0 Å². The van der Waals surface area contributed by atoms with Gasteiger partial charge in [-0.1, -0.05) is 133 Å². The summed E-state index contributed by atoms with van der Waals surface area (Å²) in [5.74, 6) is 0. The molecule has 0 fully saturated rings. The number of anilines is 3. The molecule has 0 aliphatic heterocycles. The molecule has 0 bridgehead atoms. The Balaban J connectivity index is 1.33. The van der Waals surface area contributed by atoms with Crippen molar-refractivity contribution in [2.45, 2.75) is 0 Å². The molecule has 9 rings (SSSR count). The Hall–Kier alpha value is -5.44. The zero-order chi connectivity index (χ0) is 29.0. The van der Waals surface area contributed by atoms with E-state index in [1.54, 1.807) is 0 Å². The molecule has 0 saturated carbocycles. The average molecular weight is 578 g/mol. The summed E-state index contributed by atoms with van der Waals surface area (Å²) < 4.78 is 2.64. The molecular weight excluding hydrogens is 551 g/mol. The van der Waals surface area contributed by atoms with E-state index in [0.29, 0.717) is 0 Å². The van der Waals surface area contributed by atoms with Crippen molar-refractivity contribution in [3.8, 4) is 11.1 Å². The zero-order valence-electron chi connectivity index (χ0n) is 23.9. The van der Waals surface area contributed by atoms with Crippen molar-refractivity contribution < 1.29 is 0 Å². The molecule has 1 nitrogen and oxygen atoms in total. The van der Waals surface area contributed by atoms with E-state index >= 15 is 0 Å². The SMILES string of the molecule is c1ccc(-c2ccc(N(c3ccc4ccccc4c3)c3cccc4c3sc3c5ccccc5c5ccccc5c43)cc2)cc1. The van der Waals surface area contributed by atoms with Crippen LogP contribution >= 0.6 is 11.3 Å². The van der Waals surface area contributed by atoms with Gasteiger partial charge in [0.15, 0.2) is 0 Å². The Morgan fingerprint density at radius 3 is 1.75 bits per heavy atom. The number of thiophene rings is 1. The molecule has 0 aliphatic carbocycles. The standard InChI is InChI=1S/C42H27NS/c1-2-11-28(12-3-1)30-21-24-32(25-22-30)43(33-26-23-29-13-4-5-14-31(29)27-33)39-20-10-19-38-40-36-17-8-6-15-34(36)35-16-7-9-18-37(35)42(40)44-41(38)39/h1-27H. The molecule has 0 radical (unpaired) electrons. The number of fused-ring (bicyclic) bond motifs is 9. The zero-order valence-corrected chi connectivity index (χ0v) is 24.8. The summed E-state index contributed by atoms with van der Waals surface area (Å²) >= 11 is 1.91. The first-order chi connectivity index (χ1) is 21.8. The van der Waals surface area contributed by atoms with Crippen molar-refractivity contribution in [3.63, 3.8) is 0 Å². The van der Waals surface area contributed by atoms with Crippen LogP contribution < -0.4 is 4.90 Å². The number of hydrogen-bond donors (Lipinski definition) is 0. The predicted molar refractivity (Wildman–Crippen MR) is 192 cm³/mol. The first-order valence-electron chi connectivity index (χ1n) is 15.0. The number of rotatable bonds is 4. The summed E-state index contributed by atoms with van der Waals surface area (Å²) in [7, 11) is 0. The van der Waals surface area contributed by atoms with Gasteiger partial charge in [0.2, 0.25) is 0 Å². The van der Waals surface area contributed by atoms with E-state index in [0.717, 1.165) is 11.4 Å². The van der Waals surface area contributed by atoms with Gasteiger partial charge in [-0.2, -0.15) is 0 Å². The third-order valence-electron chi connectivity index (χ3n) is 8.82. The Morgan fingerprint density at radius 2 is 0.955 bits per heavy atom. The maximum Gasteiger partial charge on any atom is 0.0640 e. The molecule has 8 aromatic carbocycles. The van der Waals surface area contributed by atoms with Crippen molar-refractivity contribution in [2.75, 3.05) is 4.90 Å². The maximum absolute atomic E-state index is 2.43. The van der Waals surface area contributed by atoms with Gasteiger partial charge in [0.05, 0.1) is 10.4 Å². The Kier molecular flexibility index (Phi) is 5.75. The van der Waals surface area contributed by atoms with Crippen molar-refractivity contribution >= 4 is 80.9 Å². The predicted octanol–water partition coefficient (Wildman–Crippen LogP) is 12.7. The molecule has 1 heterocycles. The molecular formula is C42H27NS. The van der Waals surface area contributed by atoms with Crippen LogP contribution in [0, 0.1) is 0 Å². The molecule has 0 atom stereocenters. The van der Waals surface area contributed by atoms with E-state index in [9.17, 15) is 0 Å². The van der Waals surface area contributed by atoms with Crippen LogP contribution in [0.2, 0.25) is 0 Å². The molecule has 9 aromatic rings. The lowest BCUT2D eigenvalue weighted by Crippen LogP contribution is -2.10. The Morgan fingerprint density at radius 1 is 0.364 bits per heavy atom. The second-order valence-electron chi connectivity index (χ2n) is 11.3. The van der Waals surface area contributed by atoms with Crippen molar-refractivity contribution in [3.05, 3.63) is 164 Å². The van der Waals surface area contributed by atoms with Gasteiger partial charge in [0, 0.05) is 32.2 Å². The Bertz CT molecular complexity index is 2490. The van der Waals surface area contributed by atoms with Gasteiger partial charge in [0.25, 0.3) is 0 Å². The van der Waals surface area contributed by atoms with E-state index in [-0.39, 0.29) is 0 Å². The summed E-state index contributed by atoms with van der Waals surface area (Å²) in [6, 6.07) is 59.5. The molecule has 206 valence electrons. The summed E-state index contributed by atoms with van der Waals surface area (Å²) in [5, 5.41) is 10.4. The van der Waals surface area contributed by atoms with Gasteiger partial charge in [-0.3, -0.25) is 0 Å². The fourth-order valence-corrected chi connectivity index (χ4v) is 8.12. The first-order valence-corrected chi connectivity index (χ1v) is 15.8. The maximum atomic E-state index is 2.43. The summed E-state index contributed by atoms with van der Waals surface area (Å²) in [6.45, 7) is 0. The largest absolute Gasteiger partial charge is 0.309 e. The van der Waals surface area contributed by atoms with Crippen LogP contribution in [-0.4, -0.2) is 0 Å². The molecule has 0 unspecified atom stereocenters. The smallest absolute Gasteiger partial charge is 0.0640 e. The lowest BCUT2D eigenvalue weighted by Gasteiger charge is -2.26. The summed E-state index contributed by atoms with van der Waals surface area (Å²) in [5.41, 5.74) is 5.92. The molecule has 0 saturated heterocycles. The van der Waals surface area contributed by atoms with Gasteiger partial charge in [-0.05, 0) is 68.4 Å². The lowest BCUT2D eigenvalue weighted by atomic mass is 9.97. The normalized spacial score (nSPS) is 11.6. The minimum atomic E-state index is 1.14. The highest BCUT2D eigenvalue weighted by molar-refractivity contribution is 7.27. The van der Waals surface area contributed by atoms with E-state index in [1.807, 2.05) is 11.3 Å². The van der Waals surface area contributed by atoms with Crippen LogP contribution in [0.25, 0.3) is 63.6 Å². The minimum absolute atomic E-state index is 1.14. The second-order valence-corrected chi connectivity index (χ2v) is 12.4.